The molecule has 1 heterocycles. The van der Waals surface area contributed by atoms with Crippen molar-refractivity contribution in [2.45, 2.75) is 30.8 Å². The first-order chi connectivity index (χ1) is 6.79. The van der Waals surface area contributed by atoms with Gasteiger partial charge < -0.3 is 0 Å². The molecular weight excluding hydrogens is 174 g/mol. The van der Waals surface area contributed by atoms with Gasteiger partial charge in [0, 0.05) is 19.1 Å². The number of hydrogen-bond acceptors (Lipinski definition) is 3. The average molecular weight is 189 g/mol. The fourth-order valence-electron chi connectivity index (χ4n) is 2.09. The Morgan fingerprint density at radius 3 is 2.93 bits per heavy atom. The van der Waals surface area contributed by atoms with E-state index >= 15 is 0 Å². The van der Waals surface area contributed by atoms with E-state index < -0.39 is 0 Å². The molecule has 14 heavy (non-hydrogen) atoms. The van der Waals surface area contributed by atoms with Crippen molar-refractivity contribution < 1.29 is 0 Å². The summed E-state index contributed by atoms with van der Waals surface area (Å²) in [4.78, 5) is 2.41. The molecule has 74 valence electrons. The summed E-state index contributed by atoms with van der Waals surface area (Å²) >= 11 is 0. The zero-order chi connectivity index (χ0) is 10.0. The maximum Gasteiger partial charge on any atom is 0.121 e. The molecule has 0 bridgehead atoms. The van der Waals surface area contributed by atoms with Gasteiger partial charge >= 0.3 is 0 Å². The van der Waals surface area contributed by atoms with Crippen molar-refractivity contribution in [3.8, 4) is 18.4 Å². The normalized spacial score (nSPS) is 32.4. The molecule has 1 saturated carbocycles. The van der Waals surface area contributed by atoms with Gasteiger partial charge in [-0.25, -0.2) is 0 Å². The number of nitriles is 1. The summed E-state index contributed by atoms with van der Waals surface area (Å²) in [6, 6.07) is 3.12. The topological polar surface area (TPSA) is 39.1 Å². The SMILES string of the molecule is C#CCNC1(C#N)CCN(C2CC2)C1. The third-order valence-corrected chi connectivity index (χ3v) is 3.10. The minimum atomic E-state index is -0.380. The van der Waals surface area contributed by atoms with Gasteiger partial charge in [0.15, 0.2) is 0 Å². The molecule has 1 unspecified atom stereocenters. The summed E-state index contributed by atoms with van der Waals surface area (Å²) in [6.45, 7) is 2.37. The molecule has 3 nitrogen and oxygen atoms in total. The van der Waals surface area contributed by atoms with Crippen molar-refractivity contribution in [3.05, 3.63) is 0 Å². The van der Waals surface area contributed by atoms with Crippen LogP contribution in [0.15, 0.2) is 0 Å². The number of hydrogen-bond donors (Lipinski definition) is 1. The van der Waals surface area contributed by atoms with Crippen LogP contribution >= 0.6 is 0 Å². The molecule has 0 radical (unpaired) electrons. The van der Waals surface area contributed by atoms with Crippen molar-refractivity contribution in [2.75, 3.05) is 19.6 Å². The lowest BCUT2D eigenvalue weighted by molar-refractivity contribution is 0.304. The van der Waals surface area contributed by atoms with E-state index in [0.717, 1.165) is 25.6 Å². The zero-order valence-electron chi connectivity index (χ0n) is 8.29. The van der Waals surface area contributed by atoms with Gasteiger partial charge in [-0.05, 0) is 19.3 Å². The van der Waals surface area contributed by atoms with E-state index in [4.69, 9.17) is 11.7 Å². The van der Waals surface area contributed by atoms with Crippen LogP contribution in [0.1, 0.15) is 19.3 Å². The van der Waals surface area contributed by atoms with Gasteiger partial charge in [0.2, 0.25) is 0 Å². The van der Waals surface area contributed by atoms with E-state index in [1.807, 2.05) is 0 Å². The van der Waals surface area contributed by atoms with Crippen molar-refractivity contribution in [3.63, 3.8) is 0 Å². The smallest absolute Gasteiger partial charge is 0.121 e. The molecule has 1 N–H and O–H groups in total. The Kier molecular flexibility index (Phi) is 2.46. The Bertz CT molecular complexity index is 295. The molecule has 3 heteroatoms. The number of nitrogens with zero attached hydrogens (tertiary/aromatic N) is 2. The molecule has 2 aliphatic rings. The lowest BCUT2D eigenvalue weighted by atomic mass is 10.0. The number of terminal acetylenes is 1. The molecule has 0 spiro atoms. The highest BCUT2D eigenvalue weighted by molar-refractivity contribution is 5.15. The van der Waals surface area contributed by atoms with Crippen LogP contribution in [0, 0.1) is 23.7 Å². The fraction of sp³-hybridized carbons (Fsp3) is 0.727. The highest BCUT2D eigenvalue weighted by Crippen LogP contribution is 2.33. The monoisotopic (exact) mass is 189 g/mol. The second-order valence-corrected chi connectivity index (χ2v) is 4.20. The third kappa shape index (κ3) is 1.75. The summed E-state index contributed by atoms with van der Waals surface area (Å²) in [5.74, 6) is 2.53. The van der Waals surface area contributed by atoms with Gasteiger partial charge in [-0.3, -0.25) is 10.2 Å². The van der Waals surface area contributed by atoms with Gasteiger partial charge in [0.1, 0.15) is 5.54 Å². The summed E-state index contributed by atoms with van der Waals surface area (Å²) in [5, 5.41) is 12.3. The van der Waals surface area contributed by atoms with Crippen LogP contribution in [0.5, 0.6) is 0 Å². The molecule has 0 amide bonds. The minimum absolute atomic E-state index is 0.380. The van der Waals surface area contributed by atoms with Crippen LogP contribution in [0.25, 0.3) is 0 Å². The Hall–Kier alpha value is -1.03. The molecule has 2 rings (SSSR count). The number of rotatable bonds is 3. The Morgan fingerprint density at radius 1 is 1.57 bits per heavy atom. The second kappa shape index (κ2) is 3.61. The summed E-state index contributed by atoms with van der Waals surface area (Å²) in [6.07, 6.45) is 8.70. The quantitative estimate of drug-likeness (QED) is 0.651. The van der Waals surface area contributed by atoms with Crippen molar-refractivity contribution in [2.24, 2.45) is 0 Å². The van der Waals surface area contributed by atoms with Gasteiger partial charge in [0.25, 0.3) is 0 Å². The van der Waals surface area contributed by atoms with Gasteiger partial charge in [-0.1, -0.05) is 5.92 Å². The van der Waals surface area contributed by atoms with E-state index in [2.05, 4.69) is 22.2 Å². The Balaban J connectivity index is 1.94. The molecule has 0 aromatic carbocycles. The summed E-state index contributed by atoms with van der Waals surface area (Å²) in [7, 11) is 0. The van der Waals surface area contributed by atoms with Crippen LogP contribution in [-0.4, -0.2) is 36.1 Å². The predicted octanol–water partition coefficient (Wildman–Crippen LogP) is 0.340. The average Bonchev–Trinajstić information content (AvgIpc) is 2.98. The van der Waals surface area contributed by atoms with Gasteiger partial charge in [0.05, 0.1) is 12.6 Å². The van der Waals surface area contributed by atoms with Crippen molar-refractivity contribution in [1.29, 1.82) is 5.26 Å². The highest BCUT2D eigenvalue weighted by atomic mass is 15.2. The van der Waals surface area contributed by atoms with E-state index in [9.17, 15) is 0 Å². The lowest BCUT2D eigenvalue weighted by Gasteiger charge is -2.22. The van der Waals surface area contributed by atoms with Crippen LogP contribution in [0.4, 0.5) is 0 Å². The van der Waals surface area contributed by atoms with Crippen LogP contribution in [-0.2, 0) is 0 Å². The van der Waals surface area contributed by atoms with Crippen LogP contribution < -0.4 is 5.32 Å². The lowest BCUT2D eigenvalue weighted by Crippen LogP contribution is -2.46. The first kappa shape index (κ1) is 9.52. The predicted molar refractivity (Wildman–Crippen MR) is 54.4 cm³/mol. The van der Waals surface area contributed by atoms with E-state index in [1.54, 1.807) is 0 Å². The maximum absolute atomic E-state index is 9.16. The molecule has 1 aliphatic carbocycles. The molecule has 2 fully saturated rings. The largest absolute Gasteiger partial charge is 0.297 e. The first-order valence-corrected chi connectivity index (χ1v) is 5.13. The van der Waals surface area contributed by atoms with Crippen LogP contribution in [0.2, 0.25) is 0 Å². The number of likely N-dealkylation sites (tertiary alicyclic amines) is 1. The molecule has 0 aromatic heterocycles. The van der Waals surface area contributed by atoms with Crippen LogP contribution in [0.3, 0.4) is 0 Å². The fourth-order valence-corrected chi connectivity index (χ4v) is 2.09. The summed E-state index contributed by atoms with van der Waals surface area (Å²) in [5.41, 5.74) is -0.380. The third-order valence-electron chi connectivity index (χ3n) is 3.10. The second-order valence-electron chi connectivity index (χ2n) is 4.20. The van der Waals surface area contributed by atoms with Gasteiger partial charge in [-0.15, -0.1) is 6.42 Å². The molecular formula is C11H15N3. The molecule has 1 atom stereocenters. The standard InChI is InChI=1S/C11H15N3/c1-2-6-13-11(8-12)5-7-14(9-11)10-3-4-10/h1,10,13H,3-7,9H2. The summed E-state index contributed by atoms with van der Waals surface area (Å²) < 4.78 is 0. The maximum atomic E-state index is 9.16. The Labute approximate surface area is 85.1 Å². The van der Waals surface area contributed by atoms with Gasteiger partial charge in [-0.2, -0.15) is 5.26 Å². The Morgan fingerprint density at radius 2 is 2.36 bits per heavy atom. The first-order valence-electron chi connectivity index (χ1n) is 5.13. The zero-order valence-corrected chi connectivity index (χ0v) is 8.29. The molecule has 1 saturated heterocycles. The molecule has 0 aromatic rings. The molecule has 1 aliphatic heterocycles. The van der Waals surface area contributed by atoms with E-state index in [0.29, 0.717) is 6.54 Å². The number of nitrogens with one attached hydrogen (secondary N) is 1. The van der Waals surface area contributed by atoms with Crippen molar-refractivity contribution in [1.82, 2.24) is 10.2 Å². The van der Waals surface area contributed by atoms with E-state index in [-0.39, 0.29) is 5.54 Å². The van der Waals surface area contributed by atoms with Crippen molar-refractivity contribution >= 4 is 0 Å². The minimum Gasteiger partial charge on any atom is -0.297 e. The van der Waals surface area contributed by atoms with E-state index in [1.165, 1.54) is 12.8 Å². The highest BCUT2D eigenvalue weighted by Gasteiger charge is 2.43.